The molecule has 2 heterocycles. The van der Waals surface area contributed by atoms with Crippen LogP contribution in [0.5, 0.6) is 0 Å². The monoisotopic (exact) mass is 340 g/mol. The number of nitrogens with one attached hydrogen (secondary N) is 1. The molecule has 1 atom stereocenters. The van der Waals surface area contributed by atoms with Crippen molar-refractivity contribution in [3.05, 3.63) is 45.5 Å². The van der Waals surface area contributed by atoms with Crippen LogP contribution in [0.15, 0.2) is 22.7 Å². The van der Waals surface area contributed by atoms with Crippen molar-refractivity contribution in [1.82, 2.24) is 20.4 Å². The Kier molecular flexibility index (Phi) is 4.98. The van der Waals surface area contributed by atoms with Gasteiger partial charge < -0.3 is 9.84 Å². The molecule has 2 aromatic rings. The highest BCUT2D eigenvalue weighted by atomic mass is 35.5. The predicted octanol–water partition coefficient (Wildman–Crippen LogP) is 2.74. The molecule has 1 aromatic heterocycles. The van der Waals surface area contributed by atoms with Gasteiger partial charge in [-0.2, -0.15) is 4.98 Å². The second-order valence-corrected chi connectivity index (χ2v) is 6.31. The third-order valence-corrected chi connectivity index (χ3v) is 4.64. The Morgan fingerprint density at radius 3 is 2.95 bits per heavy atom. The lowest BCUT2D eigenvalue weighted by Crippen LogP contribution is -2.44. The average Bonchev–Trinajstić information content (AvgIpc) is 2.98. The lowest BCUT2D eigenvalue weighted by atomic mass is 10.1. The first kappa shape index (κ1) is 15.7. The maximum atomic E-state index is 6.02. The molecule has 1 fully saturated rings. The summed E-state index contributed by atoms with van der Waals surface area (Å²) >= 11 is 11.9. The van der Waals surface area contributed by atoms with Crippen molar-refractivity contribution in [2.45, 2.75) is 18.9 Å². The molecule has 0 spiro atoms. The summed E-state index contributed by atoms with van der Waals surface area (Å²) in [6, 6.07) is 5.82. The van der Waals surface area contributed by atoms with E-state index in [9.17, 15) is 0 Å². The zero-order valence-electron chi connectivity index (χ0n) is 12.4. The first-order valence-corrected chi connectivity index (χ1v) is 8.06. The van der Waals surface area contributed by atoms with Crippen LogP contribution in [-0.2, 0) is 12.8 Å². The fourth-order valence-electron chi connectivity index (χ4n) is 2.55. The molecule has 0 saturated carbocycles. The van der Waals surface area contributed by atoms with Crippen LogP contribution in [-0.4, -0.2) is 41.7 Å². The highest BCUT2D eigenvalue weighted by molar-refractivity contribution is 6.42. The SMILES string of the molecule is CN1CCNCC1c1noc(CCc2ccc(Cl)c(Cl)c2)n1. The van der Waals surface area contributed by atoms with E-state index < -0.39 is 0 Å². The Hall–Kier alpha value is -1.14. The molecule has 1 N–H and O–H groups in total. The maximum Gasteiger partial charge on any atom is 0.227 e. The van der Waals surface area contributed by atoms with E-state index in [2.05, 4.69) is 27.4 Å². The van der Waals surface area contributed by atoms with Crippen LogP contribution in [0.1, 0.15) is 23.3 Å². The van der Waals surface area contributed by atoms with Crippen molar-refractivity contribution in [2.75, 3.05) is 26.7 Å². The number of aromatic nitrogens is 2. The number of halogens is 2. The molecule has 0 amide bonds. The summed E-state index contributed by atoms with van der Waals surface area (Å²) in [6.07, 6.45) is 1.48. The number of hydrogen-bond donors (Lipinski definition) is 1. The Labute approximate surface area is 139 Å². The van der Waals surface area contributed by atoms with E-state index in [4.69, 9.17) is 27.7 Å². The summed E-state index contributed by atoms with van der Waals surface area (Å²) in [5.74, 6) is 1.40. The van der Waals surface area contributed by atoms with Crippen LogP contribution in [0.2, 0.25) is 10.0 Å². The van der Waals surface area contributed by atoms with Gasteiger partial charge in [0.2, 0.25) is 5.89 Å². The van der Waals surface area contributed by atoms with Crippen molar-refractivity contribution in [2.24, 2.45) is 0 Å². The number of rotatable bonds is 4. The van der Waals surface area contributed by atoms with Gasteiger partial charge in [0.25, 0.3) is 0 Å². The maximum absolute atomic E-state index is 6.02. The normalized spacial score (nSPS) is 19.5. The van der Waals surface area contributed by atoms with Crippen molar-refractivity contribution < 1.29 is 4.52 Å². The zero-order chi connectivity index (χ0) is 15.5. The van der Waals surface area contributed by atoms with Gasteiger partial charge in [-0.15, -0.1) is 0 Å². The van der Waals surface area contributed by atoms with Gasteiger partial charge in [0.1, 0.15) is 0 Å². The minimum atomic E-state index is 0.177. The van der Waals surface area contributed by atoms with Crippen molar-refractivity contribution in [3.8, 4) is 0 Å². The largest absolute Gasteiger partial charge is 0.339 e. The van der Waals surface area contributed by atoms with Gasteiger partial charge >= 0.3 is 0 Å². The van der Waals surface area contributed by atoms with Gasteiger partial charge in [-0.1, -0.05) is 34.4 Å². The van der Waals surface area contributed by atoms with Gasteiger partial charge in [-0.25, -0.2) is 0 Å². The van der Waals surface area contributed by atoms with E-state index in [-0.39, 0.29) is 6.04 Å². The van der Waals surface area contributed by atoms with Crippen LogP contribution >= 0.6 is 23.2 Å². The smallest absolute Gasteiger partial charge is 0.227 e. The summed E-state index contributed by atoms with van der Waals surface area (Å²) in [5.41, 5.74) is 1.10. The third-order valence-electron chi connectivity index (χ3n) is 3.90. The lowest BCUT2D eigenvalue weighted by Gasteiger charge is -2.30. The van der Waals surface area contributed by atoms with Gasteiger partial charge in [-0.3, -0.25) is 4.90 Å². The lowest BCUT2D eigenvalue weighted by molar-refractivity contribution is 0.190. The molecule has 0 aliphatic carbocycles. The predicted molar refractivity (Wildman–Crippen MR) is 86.4 cm³/mol. The van der Waals surface area contributed by atoms with E-state index in [1.165, 1.54) is 0 Å². The average molecular weight is 341 g/mol. The summed E-state index contributed by atoms with van der Waals surface area (Å²) in [7, 11) is 2.08. The highest BCUT2D eigenvalue weighted by Crippen LogP contribution is 2.23. The van der Waals surface area contributed by atoms with Crippen LogP contribution < -0.4 is 5.32 Å². The first-order valence-electron chi connectivity index (χ1n) is 7.31. The second-order valence-electron chi connectivity index (χ2n) is 5.50. The third kappa shape index (κ3) is 3.60. The molecule has 7 heteroatoms. The number of benzene rings is 1. The van der Waals surface area contributed by atoms with Gasteiger partial charge in [-0.05, 0) is 31.2 Å². The minimum Gasteiger partial charge on any atom is -0.339 e. The molecule has 1 saturated heterocycles. The molecule has 22 heavy (non-hydrogen) atoms. The Bertz CT molecular complexity index is 646. The molecular weight excluding hydrogens is 323 g/mol. The number of likely N-dealkylation sites (N-methyl/N-ethyl adjacent to an activating group) is 1. The van der Waals surface area contributed by atoms with E-state index in [1.807, 2.05) is 12.1 Å². The van der Waals surface area contributed by atoms with Crippen molar-refractivity contribution in [3.63, 3.8) is 0 Å². The van der Waals surface area contributed by atoms with Crippen LogP contribution in [0.25, 0.3) is 0 Å². The van der Waals surface area contributed by atoms with Crippen molar-refractivity contribution in [1.29, 1.82) is 0 Å². The number of nitrogens with zero attached hydrogens (tertiary/aromatic N) is 3. The van der Waals surface area contributed by atoms with E-state index in [1.54, 1.807) is 6.07 Å². The molecule has 3 rings (SSSR count). The topological polar surface area (TPSA) is 54.2 Å². The molecule has 0 bridgehead atoms. The fraction of sp³-hybridized carbons (Fsp3) is 0.467. The van der Waals surface area contributed by atoms with E-state index >= 15 is 0 Å². The summed E-state index contributed by atoms with van der Waals surface area (Å²) in [5, 5.41) is 8.61. The zero-order valence-corrected chi connectivity index (χ0v) is 13.9. The molecule has 1 aromatic carbocycles. The van der Waals surface area contributed by atoms with Crippen LogP contribution in [0.3, 0.4) is 0 Å². The standard InChI is InChI=1S/C15H18Cl2N4O/c1-21-7-6-18-9-13(21)15-19-14(22-20-15)5-3-10-2-4-11(16)12(17)8-10/h2,4,8,13,18H,3,5-7,9H2,1H3. The molecule has 5 nitrogen and oxygen atoms in total. The van der Waals surface area contributed by atoms with Gasteiger partial charge in [0.15, 0.2) is 5.82 Å². The molecule has 0 radical (unpaired) electrons. The van der Waals surface area contributed by atoms with E-state index in [0.29, 0.717) is 22.4 Å². The second kappa shape index (κ2) is 6.96. The molecule has 1 unspecified atom stereocenters. The van der Waals surface area contributed by atoms with Gasteiger partial charge in [0.05, 0.1) is 16.1 Å². The van der Waals surface area contributed by atoms with Crippen LogP contribution in [0.4, 0.5) is 0 Å². The Morgan fingerprint density at radius 2 is 2.18 bits per heavy atom. The Morgan fingerprint density at radius 1 is 1.32 bits per heavy atom. The molecule has 118 valence electrons. The number of hydrogen-bond acceptors (Lipinski definition) is 5. The minimum absolute atomic E-state index is 0.177. The highest BCUT2D eigenvalue weighted by Gasteiger charge is 2.25. The fourth-order valence-corrected chi connectivity index (χ4v) is 2.87. The number of piperazine rings is 1. The molecule has 1 aliphatic heterocycles. The molecule has 1 aliphatic rings. The molecular formula is C15H18Cl2N4O. The summed E-state index contributed by atoms with van der Waals surface area (Å²) in [6.45, 7) is 2.83. The quantitative estimate of drug-likeness (QED) is 0.927. The van der Waals surface area contributed by atoms with E-state index in [0.717, 1.165) is 37.4 Å². The Balaban J connectivity index is 1.63. The summed E-state index contributed by atoms with van der Waals surface area (Å²) < 4.78 is 5.37. The summed E-state index contributed by atoms with van der Waals surface area (Å²) in [4.78, 5) is 6.76. The van der Waals surface area contributed by atoms with Crippen molar-refractivity contribution >= 4 is 23.2 Å². The van der Waals surface area contributed by atoms with Crippen LogP contribution in [0, 0.1) is 0 Å². The number of aryl methyl sites for hydroxylation is 2. The van der Waals surface area contributed by atoms with Gasteiger partial charge in [0, 0.05) is 26.1 Å². The first-order chi connectivity index (χ1) is 10.6.